The fourth-order valence-corrected chi connectivity index (χ4v) is 10.7. The molecule has 2 N–H and O–H groups in total. The molecular weight excluding hydrogens is 843 g/mol. The molecule has 0 saturated heterocycles. The minimum absolute atomic E-state index is 0.267. The molecule has 7 rings (SSSR count). The van der Waals surface area contributed by atoms with Crippen LogP contribution >= 0.6 is 11.6 Å². The lowest BCUT2D eigenvalue weighted by Crippen LogP contribution is -2.28. The summed E-state index contributed by atoms with van der Waals surface area (Å²) in [7, 11) is -7.64. The van der Waals surface area contributed by atoms with Crippen molar-refractivity contribution >= 4 is 78.2 Å². The van der Waals surface area contributed by atoms with Gasteiger partial charge in [0.2, 0.25) is 5.69 Å². The van der Waals surface area contributed by atoms with Crippen molar-refractivity contribution in [1.29, 1.82) is 0 Å². The largest absolute Gasteiger partial charge is 0.748 e. The van der Waals surface area contributed by atoms with Crippen LogP contribution in [0.5, 0.6) is 0 Å². The Balaban J connectivity index is 0.00000121. The van der Waals surface area contributed by atoms with Crippen LogP contribution in [-0.2, 0) is 35.7 Å². The first-order valence-electron chi connectivity index (χ1n) is 21.3. The highest BCUT2D eigenvalue weighted by molar-refractivity contribution is 7.85. The van der Waals surface area contributed by atoms with E-state index in [2.05, 4.69) is 127 Å². The Bertz CT molecular complexity index is 2700. The maximum atomic E-state index is 11.5. The maximum Gasteiger partial charge on any atom is 0.485 e. The third-order valence-corrected chi connectivity index (χ3v) is 14.2. The van der Waals surface area contributed by atoms with E-state index in [4.69, 9.17) is 16.6 Å². The van der Waals surface area contributed by atoms with Crippen molar-refractivity contribution in [2.75, 3.05) is 36.1 Å². The molecule has 0 bridgehead atoms. The second kappa shape index (κ2) is 19.8. The summed E-state index contributed by atoms with van der Waals surface area (Å²) in [6.07, 6.45) is 13.1. The average Bonchev–Trinajstić information content (AvgIpc) is 3.58. The predicted octanol–water partition coefficient (Wildman–Crippen LogP) is 9.75. The van der Waals surface area contributed by atoms with E-state index >= 15 is 0 Å². The van der Waals surface area contributed by atoms with Crippen molar-refractivity contribution < 1.29 is 40.2 Å². The number of rotatable bonds is 15. The summed E-state index contributed by atoms with van der Waals surface area (Å²) in [5, 5.41) is 13.1. The lowest BCUT2D eigenvalue weighted by atomic mass is 9.78. The lowest BCUT2D eigenvalue weighted by molar-refractivity contribution is -0.438. The minimum Gasteiger partial charge on any atom is -0.748 e. The predicted molar refractivity (Wildman–Crippen MR) is 252 cm³/mol. The van der Waals surface area contributed by atoms with Gasteiger partial charge in [0.1, 0.15) is 6.54 Å². The number of nitrogens with zero attached hydrogens (tertiary/aromatic N) is 2. The summed E-state index contributed by atoms with van der Waals surface area (Å²) >= 11 is 7.29. The van der Waals surface area contributed by atoms with Crippen LogP contribution in [0.2, 0.25) is 0 Å². The van der Waals surface area contributed by atoms with Crippen molar-refractivity contribution in [2.24, 2.45) is 0 Å². The van der Waals surface area contributed by atoms with Gasteiger partial charge in [0.05, 0.1) is 21.3 Å². The van der Waals surface area contributed by atoms with Gasteiger partial charge in [0, 0.05) is 64.9 Å². The first-order chi connectivity index (χ1) is 29.4. The van der Waals surface area contributed by atoms with Crippen LogP contribution in [0.25, 0.3) is 21.5 Å². The molecule has 0 fully saturated rings. The van der Waals surface area contributed by atoms with E-state index in [1.807, 2.05) is 12.1 Å². The zero-order chi connectivity index (χ0) is 44.9. The van der Waals surface area contributed by atoms with Crippen LogP contribution in [0, 0.1) is 0 Å². The van der Waals surface area contributed by atoms with E-state index in [9.17, 15) is 25.9 Å². The van der Waals surface area contributed by atoms with Crippen LogP contribution in [-0.4, -0.2) is 80.1 Å². The highest BCUT2D eigenvalue weighted by atomic mass is 35.5. The molecule has 0 atom stereocenters. The minimum atomic E-state index is -4.29. The van der Waals surface area contributed by atoms with Gasteiger partial charge in [-0.2, -0.15) is 13.0 Å². The lowest BCUT2D eigenvalue weighted by Gasteiger charge is -2.27. The topological polar surface area (TPSA) is 147 Å². The average molecular weight is 900 g/mol. The van der Waals surface area contributed by atoms with Gasteiger partial charge in [0.25, 0.3) is 10.1 Å². The molecule has 0 aromatic heterocycles. The first kappa shape index (κ1) is 47.4. The molecule has 1 aliphatic carbocycles. The monoisotopic (exact) mass is 899 g/mol. The summed E-state index contributed by atoms with van der Waals surface area (Å²) in [5.41, 5.74) is 8.25. The molecule has 2 heterocycles. The molecular formula is C48H57BClN2O8S2. The maximum absolute atomic E-state index is 11.5. The summed E-state index contributed by atoms with van der Waals surface area (Å²) in [5.74, 6) is -0.642. The molecule has 1 radical (unpaired) electrons. The van der Waals surface area contributed by atoms with Gasteiger partial charge < -0.3 is 19.1 Å². The normalized spacial score (nSPS) is 18.6. The van der Waals surface area contributed by atoms with Gasteiger partial charge in [-0.15, -0.1) is 0 Å². The molecule has 4 aromatic rings. The highest BCUT2D eigenvalue weighted by Crippen LogP contribution is 2.51. The van der Waals surface area contributed by atoms with Crippen molar-refractivity contribution in [2.45, 2.75) is 90.4 Å². The van der Waals surface area contributed by atoms with Gasteiger partial charge in [0.15, 0.2) is 5.71 Å². The quantitative estimate of drug-likeness (QED) is 0.0515. The first-order valence-corrected chi connectivity index (χ1v) is 24.9. The number of fused-ring (bicyclic) bond motifs is 6. The molecule has 10 nitrogen and oxygen atoms in total. The molecule has 3 aliphatic rings. The van der Waals surface area contributed by atoms with Crippen molar-refractivity contribution in [3.05, 3.63) is 130 Å². The smallest absolute Gasteiger partial charge is 0.485 e. The number of benzene rings is 4. The van der Waals surface area contributed by atoms with Crippen molar-refractivity contribution in [3.8, 4) is 0 Å². The standard InChI is InChI=1S/C46H51ClN2O6S2.C2H6BO2/c1-45(2)40(48(28-9-11-30-56(50,51)52)38-24-20-32-14-5-7-18-36(32)42(38)45)26-22-34-16-13-17-35(44(34)47)23-27-41-46(3,4)43-37-19-8-6-15-33(37)21-25-39(43)49(41)29-10-12-31-57(53,54)55;1-2-5-3-4/h5-8,14-15,18-27H,9-13,16-17,28-31H2,1-4H3,(H-,50,51,52,53,54,55);4H,2H2,1H3. The Kier molecular flexibility index (Phi) is 15.1. The number of anilines is 1. The number of halogens is 1. The fraction of sp³-hybridized carbons (Fsp3) is 0.396. The van der Waals surface area contributed by atoms with Crippen LogP contribution < -0.4 is 4.90 Å². The van der Waals surface area contributed by atoms with E-state index in [1.165, 1.54) is 27.3 Å². The van der Waals surface area contributed by atoms with Crippen LogP contribution in [0.15, 0.2) is 119 Å². The molecule has 329 valence electrons. The van der Waals surface area contributed by atoms with E-state index in [1.54, 1.807) is 6.92 Å². The van der Waals surface area contributed by atoms with Crippen molar-refractivity contribution in [1.82, 2.24) is 0 Å². The second-order valence-corrected chi connectivity index (χ2v) is 20.6. The van der Waals surface area contributed by atoms with Gasteiger partial charge in [-0.3, -0.25) is 4.55 Å². The van der Waals surface area contributed by atoms with Gasteiger partial charge in [-0.05, 0) is 116 Å². The molecule has 4 aromatic carbocycles. The van der Waals surface area contributed by atoms with Crippen LogP contribution in [0.1, 0.15) is 90.7 Å². The highest BCUT2D eigenvalue weighted by Gasteiger charge is 2.45. The molecule has 0 spiro atoms. The summed E-state index contributed by atoms with van der Waals surface area (Å²) in [6.45, 7) is 12.5. The van der Waals surface area contributed by atoms with Gasteiger partial charge in [-0.25, -0.2) is 8.42 Å². The number of hydrogen-bond acceptors (Lipinski definition) is 8. The third-order valence-electron chi connectivity index (χ3n) is 12.2. The van der Waals surface area contributed by atoms with Crippen molar-refractivity contribution in [3.63, 3.8) is 0 Å². The van der Waals surface area contributed by atoms with Gasteiger partial charge in [-0.1, -0.05) is 92.2 Å². The molecule has 2 aliphatic heterocycles. The summed E-state index contributed by atoms with van der Waals surface area (Å²) in [6, 6.07) is 25.3. The van der Waals surface area contributed by atoms with E-state index in [0.29, 0.717) is 53.1 Å². The molecule has 0 amide bonds. The van der Waals surface area contributed by atoms with Crippen LogP contribution in [0.4, 0.5) is 11.4 Å². The van der Waals surface area contributed by atoms with Gasteiger partial charge >= 0.3 is 7.69 Å². The summed E-state index contributed by atoms with van der Waals surface area (Å²) in [4.78, 5) is 2.28. The summed E-state index contributed by atoms with van der Waals surface area (Å²) < 4.78 is 73.1. The van der Waals surface area contributed by atoms with E-state index < -0.39 is 20.2 Å². The SMILES string of the molecule is CC1(C)C(=CC=C2CCCC(C=CC3=[N+](CCCCS(=O)(=O)O)c4ccc5ccccc5c4C3(C)C)=C2Cl)N(CCCCS(=O)(=O)[O-])c2ccc3ccccc3c21.CCO[B]O. The molecule has 14 heteroatoms. The van der Waals surface area contributed by atoms with Crippen LogP contribution in [0.3, 0.4) is 0 Å². The Morgan fingerprint density at radius 2 is 1.47 bits per heavy atom. The Hall–Kier alpha value is -4.08. The third kappa shape index (κ3) is 10.6. The number of allylic oxidation sites excluding steroid dienone is 8. The molecule has 0 unspecified atom stereocenters. The Morgan fingerprint density at radius 1 is 0.823 bits per heavy atom. The fourth-order valence-electron chi connectivity index (χ4n) is 9.30. The number of hydrogen-bond donors (Lipinski definition) is 2. The van der Waals surface area contributed by atoms with E-state index in [-0.39, 0.29) is 22.3 Å². The zero-order valence-electron chi connectivity index (χ0n) is 36.2. The Morgan fingerprint density at radius 3 is 2.10 bits per heavy atom. The molecule has 0 saturated carbocycles. The number of unbranched alkanes of at least 4 members (excludes halogenated alkanes) is 2. The molecule has 62 heavy (non-hydrogen) atoms. The zero-order valence-corrected chi connectivity index (χ0v) is 38.6. The van der Waals surface area contributed by atoms with E-state index in [0.717, 1.165) is 63.6 Å². The second-order valence-electron chi connectivity index (χ2n) is 17.1. The Labute approximate surface area is 373 Å².